The molecule has 0 aromatic carbocycles. The van der Waals surface area contributed by atoms with Gasteiger partial charge in [-0.2, -0.15) is 11.3 Å². The molecule has 0 atom stereocenters. The molecule has 18 heavy (non-hydrogen) atoms. The minimum Gasteiger partial charge on any atom is -0.378 e. The highest BCUT2D eigenvalue weighted by Gasteiger charge is 2.12. The summed E-state index contributed by atoms with van der Waals surface area (Å²) in [6.07, 6.45) is 1.60. The second kappa shape index (κ2) is 5.32. The zero-order chi connectivity index (χ0) is 12.2. The van der Waals surface area contributed by atoms with Crippen molar-refractivity contribution in [2.24, 2.45) is 0 Å². The zero-order valence-corrected chi connectivity index (χ0v) is 10.7. The smallest absolute Gasteiger partial charge is 0.135 e. The van der Waals surface area contributed by atoms with Gasteiger partial charge in [-0.05, 0) is 11.4 Å². The molecular weight excluding hydrogens is 248 g/mol. The molecule has 94 valence electrons. The Balaban J connectivity index is 1.76. The predicted molar refractivity (Wildman–Crippen MR) is 72.7 cm³/mol. The maximum atomic E-state index is 5.34. The van der Waals surface area contributed by atoms with E-state index in [9.17, 15) is 0 Å². The van der Waals surface area contributed by atoms with Crippen LogP contribution in [0.2, 0.25) is 0 Å². The van der Waals surface area contributed by atoms with E-state index < -0.39 is 0 Å². The van der Waals surface area contributed by atoms with E-state index in [1.807, 2.05) is 17.5 Å². The summed E-state index contributed by atoms with van der Waals surface area (Å²) in [5.41, 5.74) is 1.06. The lowest BCUT2D eigenvalue weighted by Gasteiger charge is -2.27. The van der Waals surface area contributed by atoms with Gasteiger partial charge in [0.1, 0.15) is 18.0 Å². The first-order valence-corrected chi connectivity index (χ1v) is 6.80. The van der Waals surface area contributed by atoms with Crippen LogP contribution in [-0.2, 0) is 4.74 Å². The van der Waals surface area contributed by atoms with Crippen molar-refractivity contribution in [2.75, 3.05) is 36.5 Å². The summed E-state index contributed by atoms with van der Waals surface area (Å²) in [5, 5.41) is 7.35. The van der Waals surface area contributed by atoms with Crippen LogP contribution < -0.4 is 10.2 Å². The average molecular weight is 262 g/mol. The maximum absolute atomic E-state index is 5.34. The molecule has 0 saturated carbocycles. The van der Waals surface area contributed by atoms with E-state index in [0.29, 0.717) is 0 Å². The Hall–Kier alpha value is -1.66. The summed E-state index contributed by atoms with van der Waals surface area (Å²) in [4.78, 5) is 10.8. The number of rotatable bonds is 3. The highest BCUT2D eigenvalue weighted by atomic mass is 32.1. The van der Waals surface area contributed by atoms with Crippen molar-refractivity contribution in [3.63, 3.8) is 0 Å². The van der Waals surface area contributed by atoms with Crippen molar-refractivity contribution in [3.8, 4) is 0 Å². The van der Waals surface area contributed by atoms with Crippen molar-refractivity contribution < 1.29 is 4.74 Å². The first-order valence-electron chi connectivity index (χ1n) is 5.86. The maximum Gasteiger partial charge on any atom is 0.135 e. The van der Waals surface area contributed by atoms with Crippen LogP contribution >= 0.6 is 11.3 Å². The quantitative estimate of drug-likeness (QED) is 0.918. The fourth-order valence-electron chi connectivity index (χ4n) is 1.86. The molecule has 5 nitrogen and oxygen atoms in total. The van der Waals surface area contributed by atoms with Crippen LogP contribution in [0.1, 0.15) is 0 Å². The van der Waals surface area contributed by atoms with Gasteiger partial charge in [0.2, 0.25) is 0 Å². The Labute approximate surface area is 109 Å². The van der Waals surface area contributed by atoms with Crippen molar-refractivity contribution in [3.05, 3.63) is 29.2 Å². The molecule has 0 unspecified atom stereocenters. The van der Waals surface area contributed by atoms with Crippen LogP contribution in [0.5, 0.6) is 0 Å². The molecule has 1 fully saturated rings. The fraction of sp³-hybridized carbons (Fsp3) is 0.333. The molecule has 3 heterocycles. The molecule has 3 rings (SSSR count). The third kappa shape index (κ3) is 2.60. The molecule has 1 saturated heterocycles. The van der Waals surface area contributed by atoms with E-state index in [4.69, 9.17) is 4.74 Å². The van der Waals surface area contributed by atoms with Crippen molar-refractivity contribution in [1.29, 1.82) is 0 Å². The largest absolute Gasteiger partial charge is 0.378 e. The van der Waals surface area contributed by atoms with E-state index in [0.717, 1.165) is 43.6 Å². The summed E-state index contributed by atoms with van der Waals surface area (Å²) >= 11 is 1.66. The van der Waals surface area contributed by atoms with Gasteiger partial charge >= 0.3 is 0 Å². The third-order valence-corrected chi connectivity index (χ3v) is 3.46. The van der Waals surface area contributed by atoms with Crippen LogP contribution in [0, 0.1) is 0 Å². The first-order chi connectivity index (χ1) is 8.92. The molecule has 2 aromatic heterocycles. The molecule has 0 radical (unpaired) electrons. The van der Waals surface area contributed by atoms with Gasteiger partial charge in [0.25, 0.3) is 0 Å². The number of nitrogens with one attached hydrogen (secondary N) is 1. The zero-order valence-electron chi connectivity index (χ0n) is 9.87. The predicted octanol–water partition coefficient (Wildman–Crippen LogP) is 2.12. The molecule has 2 aromatic rings. The van der Waals surface area contributed by atoms with Gasteiger partial charge in [0, 0.05) is 24.5 Å². The van der Waals surface area contributed by atoms with E-state index in [-0.39, 0.29) is 0 Å². The molecule has 1 aliphatic heterocycles. The lowest BCUT2D eigenvalue weighted by atomic mass is 10.4. The highest BCUT2D eigenvalue weighted by molar-refractivity contribution is 7.08. The average Bonchev–Trinajstić information content (AvgIpc) is 2.93. The van der Waals surface area contributed by atoms with Gasteiger partial charge in [0.05, 0.1) is 18.9 Å². The Morgan fingerprint density at radius 3 is 2.94 bits per heavy atom. The third-order valence-electron chi connectivity index (χ3n) is 2.78. The number of thiophene rings is 1. The minimum atomic E-state index is 0.761. The van der Waals surface area contributed by atoms with Crippen LogP contribution in [0.25, 0.3) is 0 Å². The van der Waals surface area contributed by atoms with Gasteiger partial charge in [0.15, 0.2) is 0 Å². The number of nitrogens with zero attached hydrogens (tertiary/aromatic N) is 3. The molecular formula is C12H14N4OS. The molecule has 0 bridgehead atoms. The van der Waals surface area contributed by atoms with Gasteiger partial charge in [-0.25, -0.2) is 9.97 Å². The topological polar surface area (TPSA) is 50.3 Å². The van der Waals surface area contributed by atoms with E-state index in [1.54, 1.807) is 17.7 Å². The van der Waals surface area contributed by atoms with Crippen LogP contribution in [0.3, 0.4) is 0 Å². The standard InChI is InChI=1S/C12H14N4OS/c1-6-18-8-10(1)15-11-7-12(14-9-13-11)16-2-4-17-5-3-16/h1,6-9H,2-5H2,(H,13,14,15). The van der Waals surface area contributed by atoms with Gasteiger partial charge in [-0.1, -0.05) is 0 Å². The minimum absolute atomic E-state index is 0.761. The van der Waals surface area contributed by atoms with Crippen molar-refractivity contribution >= 4 is 28.7 Å². The van der Waals surface area contributed by atoms with Crippen LogP contribution in [-0.4, -0.2) is 36.3 Å². The number of hydrogen-bond donors (Lipinski definition) is 1. The summed E-state index contributed by atoms with van der Waals surface area (Å²) < 4.78 is 5.34. The lowest BCUT2D eigenvalue weighted by molar-refractivity contribution is 0.122. The van der Waals surface area contributed by atoms with Crippen molar-refractivity contribution in [2.45, 2.75) is 0 Å². The Morgan fingerprint density at radius 2 is 2.17 bits per heavy atom. The van der Waals surface area contributed by atoms with E-state index in [2.05, 4.69) is 25.6 Å². The van der Waals surface area contributed by atoms with Gasteiger partial charge in [-0.15, -0.1) is 0 Å². The highest BCUT2D eigenvalue weighted by Crippen LogP contribution is 2.20. The molecule has 0 amide bonds. The summed E-state index contributed by atoms with van der Waals surface area (Å²) in [6, 6.07) is 4.00. The van der Waals surface area contributed by atoms with E-state index in [1.165, 1.54) is 0 Å². The second-order valence-electron chi connectivity index (χ2n) is 4.00. The lowest BCUT2D eigenvalue weighted by Crippen LogP contribution is -2.36. The second-order valence-corrected chi connectivity index (χ2v) is 4.78. The number of morpholine rings is 1. The van der Waals surface area contributed by atoms with Crippen LogP contribution in [0.15, 0.2) is 29.2 Å². The van der Waals surface area contributed by atoms with Gasteiger partial charge in [-0.3, -0.25) is 0 Å². The molecule has 1 N–H and O–H groups in total. The Kier molecular flexibility index (Phi) is 3.38. The Morgan fingerprint density at radius 1 is 1.28 bits per heavy atom. The number of anilines is 3. The number of aromatic nitrogens is 2. The molecule has 0 spiro atoms. The molecule has 6 heteroatoms. The van der Waals surface area contributed by atoms with Crippen molar-refractivity contribution in [1.82, 2.24) is 9.97 Å². The van der Waals surface area contributed by atoms with Gasteiger partial charge < -0.3 is 15.0 Å². The fourth-order valence-corrected chi connectivity index (χ4v) is 2.45. The van der Waals surface area contributed by atoms with E-state index >= 15 is 0 Å². The summed E-state index contributed by atoms with van der Waals surface area (Å²) in [7, 11) is 0. The molecule has 1 aliphatic rings. The number of hydrogen-bond acceptors (Lipinski definition) is 6. The monoisotopic (exact) mass is 262 g/mol. The molecule has 0 aliphatic carbocycles. The SMILES string of the molecule is c1nc(Nc2ccsc2)cc(N2CCOCC2)n1. The summed E-state index contributed by atoms with van der Waals surface area (Å²) in [5.74, 6) is 1.77. The number of ether oxygens (including phenoxy) is 1. The summed E-state index contributed by atoms with van der Waals surface area (Å²) in [6.45, 7) is 3.29. The first kappa shape index (κ1) is 11.4. The Bertz CT molecular complexity index is 497. The van der Waals surface area contributed by atoms with Crippen LogP contribution in [0.4, 0.5) is 17.3 Å². The normalized spacial score (nSPS) is 15.7.